The normalized spacial score (nSPS) is 10.2. The molecule has 0 aliphatic heterocycles. The number of rotatable bonds is 5. The lowest BCUT2D eigenvalue weighted by molar-refractivity contribution is 0.0531. The first-order valence-electron chi connectivity index (χ1n) is 7.13. The molecule has 0 atom stereocenters. The first-order valence-corrected chi connectivity index (χ1v) is 7.94. The molecule has 0 aliphatic rings. The van der Waals surface area contributed by atoms with Crippen molar-refractivity contribution in [3.8, 4) is 0 Å². The van der Waals surface area contributed by atoms with Crippen LogP contribution < -0.4 is 4.90 Å². The van der Waals surface area contributed by atoms with E-state index in [9.17, 15) is 9.59 Å². The summed E-state index contributed by atoms with van der Waals surface area (Å²) in [6, 6.07) is 7.13. The van der Waals surface area contributed by atoms with Crippen LogP contribution in [0.1, 0.15) is 38.2 Å². The van der Waals surface area contributed by atoms with Gasteiger partial charge in [0.2, 0.25) is 0 Å². The van der Waals surface area contributed by atoms with Crippen LogP contribution >= 0.6 is 11.3 Å². The molecular formula is C17H18N2O3S. The van der Waals surface area contributed by atoms with Crippen LogP contribution in [0.25, 0.3) is 6.08 Å². The molecule has 1 aromatic carbocycles. The number of carbonyl (C=O) groups is 2. The number of amides is 1. The second kappa shape index (κ2) is 7.19. The molecule has 5 nitrogen and oxygen atoms in total. The largest absolute Gasteiger partial charge is 0.462 e. The Morgan fingerprint density at radius 1 is 1.35 bits per heavy atom. The average molecular weight is 330 g/mol. The smallest absolute Gasteiger partial charge is 0.350 e. The van der Waals surface area contributed by atoms with Crippen molar-refractivity contribution in [3.63, 3.8) is 0 Å². The summed E-state index contributed by atoms with van der Waals surface area (Å²) >= 11 is 1.15. The number of hydrogen-bond acceptors (Lipinski definition) is 5. The third-order valence-electron chi connectivity index (χ3n) is 3.23. The molecule has 0 bridgehead atoms. The van der Waals surface area contributed by atoms with Gasteiger partial charge in [-0.05, 0) is 31.5 Å². The fourth-order valence-electron chi connectivity index (χ4n) is 1.95. The summed E-state index contributed by atoms with van der Waals surface area (Å²) in [5.74, 6) is -0.602. The Bertz CT molecular complexity index is 735. The number of carbonyl (C=O) groups excluding carboxylic acids is 2. The third kappa shape index (κ3) is 3.65. The van der Waals surface area contributed by atoms with E-state index in [2.05, 4.69) is 11.6 Å². The van der Waals surface area contributed by atoms with Gasteiger partial charge < -0.3 is 4.74 Å². The highest BCUT2D eigenvalue weighted by atomic mass is 32.1. The highest BCUT2D eigenvalue weighted by molar-refractivity contribution is 7.17. The van der Waals surface area contributed by atoms with Crippen molar-refractivity contribution in [1.82, 2.24) is 4.98 Å². The summed E-state index contributed by atoms with van der Waals surface area (Å²) < 4.78 is 4.99. The third-order valence-corrected chi connectivity index (χ3v) is 4.44. The van der Waals surface area contributed by atoms with E-state index in [4.69, 9.17) is 4.74 Å². The van der Waals surface area contributed by atoms with Gasteiger partial charge in [-0.3, -0.25) is 9.69 Å². The van der Waals surface area contributed by atoms with E-state index in [1.54, 1.807) is 39.1 Å². The molecular weight excluding hydrogens is 312 g/mol. The Balaban J connectivity index is 2.23. The minimum atomic E-state index is -0.412. The van der Waals surface area contributed by atoms with Crippen LogP contribution in [0.3, 0.4) is 0 Å². The molecule has 0 saturated heterocycles. The number of hydrogen-bond donors (Lipinski definition) is 0. The Morgan fingerprint density at radius 2 is 2.00 bits per heavy atom. The minimum Gasteiger partial charge on any atom is -0.462 e. The maximum Gasteiger partial charge on any atom is 0.350 e. The molecule has 0 unspecified atom stereocenters. The van der Waals surface area contributed by atoms with Crippen LogP contribution in [-0.2, 0) is 4.74 Å². The summed E-state index contributed by atoms with van der Waals surface area (Å²) in [6.45, 7) is 7.46. The Labute approximate surface area is 139 Å². The van der Waals surface area contributed by atoms with E-state index in [0.717, 1.165) is 16.9 Å². The number of ether oxygens (including phenoxy) is 1. The molecule has 6 heteroatoms. The molecule has 0 saturated carbocycles. The zero-order chi connectivity index (χ0) is 17.0. The van der Waals surface area contributed by atoms with E-state index < -0.39 is 5.97 Å². The highest BCUT2D eigenvalue weighted by Crippen LogP contribution is 2.27. The summed E-state index contributed by atoms with van der Waals surface area (Å²) in [5, 5.41) is 0.461. The molecule has 120 valence electrons. The van der Waals surface area contributed by atoms with Crippen molar-refractivity contribution >= 4 is 34.4 Å². The summed E-state index contributed by atoms with van der Waals surface area (Å²) in [4.78, 5) is 30.5. The highest BCUT2D eigenvalue weighted by Gasteiger charge is 2.21. The van der Waals surface area contributed by atoms with Gasteiger partial charge in [0.1, 0.15) is 4.88 Å². The fraction of sp³-hybridized carbons (Fsp3) is 0.235. The van der Waals surface area contributed by atoms with Crippen LogP contribution in [0.4, 0.5) is 5.13 Å². The van der Waals surface area contributed by atoms with Gasteiger partial charge >= 0.3 is 5.97 Å². The van der Waals surface area contributed by atoms with Crippen molar-refractivity contribution in [2.75, 3.05) is 18.6 Å². The van der Waals surface area contributed by atoms with Gasteiger partial charge in [0.15, 0.2) is 5.13 Å². The number of nitrogens with zero attached hydrogens (tertiary/aromatic N) is 2. The SMILES string of the molecule is C=Cc1ccc(C(=O)N(C)c2nc(C)c(C(=O)OCC)s2)cc1. The van der Waals surface area contributed by atoms with Gasteiger partial charge in [0.05, 0.1) is 12.3 Å². The topological polar surface area (TPSA) is 59.5 Å². The second-order valence-electron chi connectivity index (χ2n) is 4.82. The molecule has 1 aromatic heterocycles. The van der Waals surface area contributed by atoms with Crippen molar-refractivity contribution in [3.05, 3.63) is 52.5 Å². The molecule has 0 aliphatic carbocycles. The Kier molecular flexibility index (Phi) is 5.28. The average Bonchev–Trinajstić information content (AvgIpc) is 2.95. The van der Waals surface area contributed by atoms with Crippen molar-refractivity contribution in [2.24, 2.45) is 0 Å². The summed E-state index contributed by atoms with van der Waals surface area (Å²) in [7, 11) is 1.64. The first kappa shape index (κ1) is 16.9. The molecule has 1 heterocycles. The lowest BCUT2D eigenvalue weighted by atomic mass is 10.1. The Morgan fingerprint density at radius 3 is 2.57 bits per heavy atom. The maximum absolute atomic E-state index is 12.5. The van der Waals surface area contributed by atoms with E-state index in [0.29, 0.717) is 27.9 Å². The lowest BCUT2D eigenvalue weighted by Gasteiger charge is -2.13. The van der Waals surface area contributed by atoms with Crippen molar-refractivity contribution < 1.29 is 14.3 Å². The molecule has 0 radical (unpaired) electrons. The van der Waals surface area contributed by atoms with E-state index in [-0.39, 0.29) is 5.91 Å². The zero-order valence-electron chi connectivity index (χ0n) is 13.3. The van der Waals surface area contributed by atoms with Crippen LogP contribution in [0.2, 0.25) is 0 Å². The van der Waals surface area contributed by atoms with Gasteiger partial charge in [0.25, 0.3) is 5.91 Å². The van der Waals surface area contributed by atoms with Crippen LogP contribution in [0, 0.1) is 6.92 Å². The lowest BCUT2D eigenvalue weighted by Crippen LogP contribution is -2.26. The molecule has 0 spiro atoms. The number of esters is 1. The molecule has 2 rings (SSSR count). The quantitative estimate of drug-likeness (QED) is 0.787. The van der Waals surface area contributed by atoms with Gasteiger partial charge in [-0.1, -0.05) is 36.1 Å². The summed E-state index contributed by atoms with van der Waals surface area (Å²) in [6.07, 6.45) is 1.72. The van der Waals surface area contributed by atoms with E-state index >= 15 is 0 Å². The van der Waals surface area contributed by atoms with E-state index in [1.807, 2.05) is 12.1 Å². The standard InChI is InChI=1S/C17H18N2O3S/c1-5-12-7-9-13(10-8-12)15(20)19(4)17-18-11(3)14(23-17)16(21)22-6-2/h5,7-10H,1,6H2,2-4H3. The number of thiazole rings is 1. The predicted molar refractivity (Wildman–Crippen MR) is 92.1 cm³/mol. The molecule has 2 aromatic rings. The zero-order valence-corrected chi connectivity index (χ0v) is 14.1. The molecule has 0 N–H and O–H groups in total. The van der Waals surface area contributed by atoms with Crippen LogP contribution in [0.5, 0.6) is 0 Å². The fourth-order valence-corrected chi connectivity index (χ4v) is 2.87. The van der Waals surface area contributed by atoms with Crippen molar-refractivity contribution in [2.45, 2.75) is 13.8 Å². The van der Waals surface area contributed by atoms with Crippen LogP contribution in [-0.4, -0.2) is 30.5 Å². The predicted octanol–water partition coefficient (Wildman–Crippen LogP) is 3.55. The maximum atomic E-state index is 12.5. The molecule has 0 fully saturated rings. The second-order valence-corrected chi connectivity index (χ2v) is 5.80. The number of benzene rings is 1. The van der Waals surface area contributed by atoms with E-state index in [1.165, 1.54) is 4.90 Å². The number of anilines is 1. The summed E-state index contributed by atoms with van der Waals surface area (Å²) in [5.41, 5.74) is 2.05. The van der Waals surface area contributed by atoms with Crippen LogP contribution in [0.15, 0.2) is 30.8 Å². The minimum absolute atomic E-state index is 0.190. The van der Waals surface area contributed by atoms with Crippen molar-refractivity contribution in [1.29, 1.82) is 0 Å². The molecule has 1 amide bonds. The first-order chi connectivity index (χ1) is 11.0. The Hall–Kier alpha value is -2.47. The molecule has 23 heavy (non-hydrogen) atoms. The van der Waals surface area contributed by atoms with Gasteiger partial charge in [-0.2, -0.15) is 0 Å². The number of aryl methyl sites for hydroxylation is 1. The van der Waals surface area contributed by atoms with Gasteiger partial charge in [0, 0.05) is 12.6 Å². The number of aromatic nitrogens is 1. The van der Waals surface area contributed by atoms with Gasteiger partial charge in [-0.15, -0.1) is 0 Å². The monoisotopic (exact) mass is 330 g/mol. The van der Waals surface area contributed by atoms with Gasteiger partial charge in [-0.25, -0.2) is 9.78 Å².